The summed E-state index contributed by atoms with van der Waals surface area (Å²) in [6.45, 7) is 4.26. The van der Waals surface area contributed by atoms with Crippen LogP contribution in [0.4, 0.5) is 0 Å². The van der Waals surface area contributed by atoms with Gasteiger partial charge in [0.05, 0.1) is 20.3 Å². The van der Waals surface area contributed by atoms with Crippen molar-refractivity contribution in [2.75, 3.05) is 40.0 Å². The lowest BCUT2D eigenvalue weighted by molar-refractivity contribution is 0.0147. The van der Waals surface area contributed by atoms with Gasteiger partial charge in [0.25, 0.3) is 0 Å². The second kappa shape index (κ2) is 6.73. The van der Waals surface area contributed by atoms with E-state index < -0.39 is 0 Å². The smallest absolute Gasteiger partial charge is 0.119 e. The first-order valence-corrected chi connectivity index (χ1v) is 6.51. The van der Waals surface area contributed by atoms with Gasteiger partial charge in [-0.05, 0) is 30.7 Å². The van der Waals surface area contributed by atoms with E-state index in [1.165, 1.54) is 5.56 Å². The van der Waals surface area contributed by atoms with Crippen molar-refractivity contribution in [1.82, 2.24) is 4.90 Å². The summed E-state index contributed by atoms with van der Waals surface area (Å²) in [7, 11) is 1.70. The molecule has 1 aliphatic heterocycles. The Kier molecular flexibility index (Phi) is 4.99. The summed E-state index contributed by atoms with van der Waals surface area (Å²) < 4.78 is 10.7. The molecule has 1 aromatic carbocycles. The summed E-state index contributed by atoms with van der Waals surface area (Å²) in [6.07, 6.45) is 0.965. The SMILES string of the molecule is COc1cccc(C(CCN)N2CCOCC2)c1. The molecule has 1 heterocycles. The number of morpholine rings is 1. The number of hydrogen-bond donors (Lipinski definition) is 1. The largest absolute Gasteiger partial charge is 0.497 e. The Hall–Kier alpha value is -1.10. The van der Waals surface area contributed by atoms with Crippen molar-refractivity contribution in [2.45, 2.75) is 12.5 Å². The third-order valence-corrected chi connectivity index (χ3v) is 3.41. The molecule has 1 unspecified atom stereocenters. The van der Waals surface area contributed by atoms with E-state index in [9.17, 15) is 0 Å². The molecule has 0 spiro atoms. The van der Waals surface area contributed by atoms with E-state index in [-0.39, 0.29) is 0 Å². The molecule has 0 radical (unpaired) electrons. The fraction of sp³-hybridized carbons (Fsp3) is 0.571. The molecule has 0 saturated carbocycles. The molecule has 100 valence electrons. The lowest BCUT2D eigenvalue weighted by Crippen LogP contribution is -2.39. The first kappa shape index (κ1) is 13.3. The van der Waals surface area contributed by atoms with Crippen LogP contribution in [0.5, 0.6) is 5.75 Å². The number of hydrogen-bond acceptors (Lipinski definition) is 4. The molecule has 2 rings (SSSR count). The van der Waals surface area contributed by atoms with Crippen LogP contribution in [0.15, 0.2) is 24.3 Å². The molecular formula is C14H22N2O2. The molecule has 1 aliphatic rings. The van der Waals surface area contributed by atoms with Crippen molar-refractivity contribution in [3.8, 4) is 5.75 Å². The fourth-order valence-electron chi connectivity index (χ4n) is 2.46. The summed E-state index contributed by atoms with van der Waals surface area (Å²) in [6, 6.07) is 8.64. The summed E-state index contributed by atoms with van der Waals surface area (Å²) in [5.41, 5.74) is 7.03. The van der Waals surface area contributed by atoms with Gasteiger partial charge in [0.1, 0.15) is 5.75 Å². The van der Waals surface area contributed by atoms with Crippen LogP contribution in [0.25, 0.3) is 0 Å². The van der Waals surface area contributed by atoms with E-state index in [0.29, 0.717) is 12.6 Å². The maximum atomic E-state index is 5.75. The maximum absolute atomic E-state index is 5.75. The summed E-state index contributed by atoms with van der Waals surface area (Å²) in [5.74, 6) is 0.905. The predicted molar refractivity (Wildman–Crippen MR) is 71.8 cm³/mol. The Morgan fingerprint density at radius 3 is 2.83 bits per heavy atom. The molecule has 1 atom stereocenters. The van der Waals surface area contributed by atoms with E-state index in [1.54, 1.807) is 7.11 Å². The molecule has 0 aliphatic carbocycles. The van der Waals surface area contributed by atoms with E-state index in [1.807, 2.05) is 12.1 Å². The molecule has 0 bridgehead atoms. The van der Waals surface area contributed by atoms with Crippen LogP contribution in [-0.2, 0) is 4.74 Å². The van der Waals surface area contributed by atoms with Gasteiger partial charge < -0.3 is 15.2 Å². The highest BCUT2D eigenvalue weighted by Crippen LogP contribution is 2.27. The van der Waals surface area contributed by atoms with Crippen LogP contribution in [0, 0.1) is 0 Å². The van der Waals surface area contributed by atoms with Crippen LogP contribution >= 0.6 is 0 Å². The zero-order valence-corrected chi connectivity index (χ0v) is 11.0. The van der Waals surface area contributed by atoms with Gasteiger partial charge in [0, 0.05) is 19.1 Å². The molecule has 4 nitrogen and oxygen atoms in total. The van der Waals surface area contributed by atoms with Crippen molar-refractivity contribution >= 4 is 0 Å². The summed E-state index contributed by atoms with van der Waals surface area (Å²) >= 11 is 0. The van der Waals surface area contributed by atoms with Gasteiger partial charge in [-0.2, -0.15) is 0 Å². The average molecular weight is 250 g/mol. The first-order chi connectivity index (χ1) is 8.85. The van der Waals surface area contributed by atoms with Crippen molar-refractivity contribution in [3.63, 3.8) is 0 Å². The van der Waals surface area contributed by atoms with Crippen LogP contribution in [-0.4, -0.2) is 44.9 Å². The van der Waals surface area contributed by atoms with Gasteiger partial charge >= 0.3 is 0 Å². The van der Waals surface area contributed by atoms with E-state index in [0.717, 1.165) is 38.5 Å². The van der Waals surface area contributed by atoms with Crippen LogP contribution in [0.2, 0.25) is 0 Å². The van der Waals surface area contributed by atoms with Gasteiger partial charge in [-0.1, -0.05) is 12.1 Å². The minimum Gasteiger partial charge on any atom is -0.497 e. The topological polar surface area (TPSA) is 47.7 Å². The highest BCUT2D eigenvalue weighted by atomic mass is 16.5. The molecule has 1 fully saturated rings. The van der Waals surface area contributed by atoms with E-state index in [4.69, 9.17) is 15.2 Å². The molecule has 4 heteroatoms. The minimum absolute atomic E-state index is 0.369. The Morgan fingerprint density at radius 1 is 1.39 bits per heavy atom. The molecule has 1 aromatic rings. The first-order valence-electron chi connectivity index (χ1n) is 6.51. The molecule has 0 aromatic heterocycles. The standard InChI is InChI=1S/C14H22N2O2/c1-17-13-4-2-3-12(11-13)14(5-6-15)16-7-9-18-10-8-16/h2-4,11,14H,5-10,15H2,1H3. The normalized spacial score (nSPS) is 18.6. The minimum atomic E-state index is 0.369. The Labute approximate surface area is 109 Å². The van der Waals surface area contributed by atoms with Gasteiger partial charge in [-0.25, -0.2) is 0 Å². The van der Waals surface area contributed by atoms with Gasteiger partial charge in [0.2, 0.25) is 0 Å². The van der Waals surface area contributed by atoms with Crippen molar-refractivity contribution < 1.29 is 9.47 Å². The van der Waals surface area contributed by atoms with Crippen molar-refractivity contribution in [2.24, 2.45) is 5.73 Å². The lowest BCUT2D eigenvalue weighted by atomic mass is 10.0. The number of ether oxygens (including phenoxy) is 2. The zero-order chi connectivity index (χ0) is 12.8. The number of benzene rings is 1. The second-order valence-electron chi connectivity index (χ2n) is 4.52. The number of nitrogens with two attached hydrogens (primary N) is 1. The maximum Gasteiger partial charge on any atom is 0.119 e. The Balaban J connectivity index is 2.16. The number of rotatable bonds is 5. The van der Waals surface area contributed by atoms with Crippen molar-refractivity contribution in [3.05, 3.63) is 29.8 Å². The van der Waals surface area contributed by atoms with Crippen LogP contribution in [0.3, 0.4) is 0 Å². The van der Waals surface area contributed by atoms with E-state index >= 15 is 0 Å². The quantitative estimate of drug-likeness (QED) is 0.858. The molecule has 1 saturated heterocycles. The van der Waals surface area contributed by atoms with Crippen LogP contribution in [0.1, 0.15) is 18.0 Å². The molecule has 18 heavy (non-hydrogen) atoms. The third kappa shape index (κ3) is 3.22. The number of nitrogens with zero attached hydrogens (tertiary/aromatic N) is 1. The third-order valence-electron chi connectivity index (χ3n) is 3.41. The molecule has 2 N–H and O–H groups in total. The van der Waals surface area contributed by atoms with Gasteiger partial charge in [-0.15, -0.1) is 0 Å². The highest BCUT2D eigenvalue weighted by Gasteiger charge is 2.22. The summed E-state index contributed by atoms with van der Waals surface area (Å²) in [4.78, 5) is 2.45. The Bertz CT molecular complexity index is 365. The van der Waals surface area contributed by atoms with Crippen LogP contribution < -0.4 is 10.5 Å². The van der Waals surface area contributed by atoms with Gasteiger partial charge in [-0.3, -0.25) is 4.90 Å². The Morgan fingerprint density at radius 2 is 2.17 bits per heavy atom. The summed E-state index contributed by atoms with van der Waals surface area (Å²) in [5, 5.41) is 0. The lowest BCUT2D eigenvalue weighted by Gasteiger charge is -2.34. The number of methoxy groups -OCH3 is 1. The van der Waals surface area contributed by atoms with E-state index in [2.05, 4.69) is 17.0 Å². The monoisotopic (exact) mass is 250 g/mol. The highest BCUT2D eigenvalue weighted by molar-refractivity contribution is 5.30. The van der Waals surface area contributed by atoms with Gasteiger partial charge in [0.15, 0.2) is 0 Å². The van der Waals surface area contributed by atoms with Crippen molar-refractivity contribution in [1.29, 1.82) is 0 Å². The second-order valence-corrected chi connectivity index (χ2v) is 4.52. The zero-order valence-electron chi connectivity index (χ0n) is 11.0. The molecular weight excluding hydrogens is 228 g/mol. The molecule has 0 amide bonds. The fourth-order valence-corrected chi connectivity index (χ4v) is 2.46. The average Bonchev–Trinajstić information content (AvgIpc) is 2.46. The predicted octanol–water partition coefficient (Wildman–Crippen LogP) is 1.42.